The van der Waals surface area contributed by atoms with Crippen molar-refractivity contribution < 1.29 is 13.9 Å². The van der Waals surface area contributed by atoms with Crippen LogP contribution in [0, 0.1) is 12.9 Å². The fraction of sp³-hybridized carbons (Fsp3) is 0.174. The van der Waals surface area contributed by atoms with Crippen LogP contribution in [-0.4, -0.2) is 35.9 Å². The first-order valence-electron chi connectivity index (χ1n) is 9.38. The number of aromatic nitrogens is 1. The molecule has 1 aliphatic rings. The molecule has 1 aromatic heterocycles. The zero-order chi connectivity index (χ0) is 21.5. The molecule has 4 rings (SSSR count). The molecule has 0 radical (unpaired) electrons. The number of carbonyl (C=O) groups is 1. The van der Waals surface area contributed by atoms with Gasteiger partial charge in [0, 0.05) is 18.8 Å². The lowest BCUT2D eigenvalue weighted by Gasteiger charge is -2.27. The summed E-state index contributed by atoms with van der Waals surface area (Å²) in [6.07, 6.45) is 1.39. The van der Waals surface area contributed by atoms with Crippen molar-refractivity contribution in [2.75, 3.05) is 14.2 Å². The topological polar surface area (TPSA) is 80.8 Å². The molecule has 0 saturated heterocycles. The van der Waals surface area contributed by atoms with Crippen molar-refractivity contribution >= 4 is 11.9 Å². The number of ether oxygens (including phenoxy) is 1. The van der Waals surface area contributed by atoms with Gasteiger partial charge < -0.3 is 10.5 Å². The number of carbonyl (C=O) groups excluding carboxylic acids is 1. The van der Waals surface area contributed by atoms with Crippen LogP contribution >= 0.6 is 0 Å². The largest absolute Gasteiger partial charge is 0.496 e. The van der Waals surface area contributed by atoms with Gasteiger partial charge in [-0.25, -0.2) is 9.98 Å². The molecule has 1 amide bonds. The van der Waals surface area contributed by atoms with E-state index in [4.69, 9.17) is 10.5 Å². The minimum Gasteiger partial charge on any atom is -0.496 e. The van der Waals surface area contributed by atoms with E-state index in [1.165, 1.54) is 11.1 Å². The second-order valence-corrected chi connectivity index (χ2v) is 7.15. The highest BCUT2D eigenvalue weighted by Gasteiger charge is 2.49. The smallest absolute Gasteiger partial charge is 0.266 e. The van der Waals surface area contributed by atoms with Crippen molar-refractivity contribution in [2.45, 2.75) is 12.5 Å². The summed E-state index contributed by atoms with van der Waals surface area (Å²) in [4.78, 5) is 23.1. The number of methoxy groups -OCH3 is 1. The van der Waals surface area contributed by atoms with E-state index in [1.807, 2.05) is 13.0 Å². The van der Waals surface area contributed by atoms with Gasteiger partial charge in [0.25, 0.3) is 5.91 Å². The fourth-order valence-corrected chi connectivity index (χ4v) is 3.80. The van der Waals surface area contributed by atoms with Gasteiger partial charge in [-0.3, -0.25) is 9.69 Å². The standard InChI is InChI=1S/C23H21FN4O2/c1-14-12-17(9-10-19(14)30-3)23(21(29)28(2)22(25)27-23)16-7-4-6-15(13-16)18-8-5-11-26-20(18)24/h4-13H,1-3H3,(H2,25,27)/t23-/m0/s1. The van der Waals surface area contributed by atoms with Gasteiger partial charge in [-0.15, -0.1) is 0 Å². The maximum Gasteiger partial charge on any atom is 0.266 e. The number of likely N-dealkylation sites (N-methyl/N-ethyl adjacent to an activating group) is 1. The van der Waals surface area contributed by atoms with Gasteiger partial charge in [0.05, 0.1) is 7.11 Å². The zero-order valence-electron chi connectivity index (χ0n) is 16.9. The molecule has 0 spiro atoms. The molecule has 0 unspecified atom stereocenters. The number of aryl methyl sites for hydroxylation is 1. The Labute approximate surface area is 173 Å². The molecule has 6 nitrogen and oxygen atoms in total. The Morgan fingerprint density at radius 1 is 1.10 bits per heavy atom. The summed E-state index contributed by atoms with van der Waals surface area (Å²) in [7, 11) is 3.18. The van der Waals surface area contributed by atoms with Crippen LogP contribution in [0.15, 0.2) is 65.8 Å². The highest BCUT2D eigenvalue weighted by atomic mass is 19.1. The molecule has 7 heteroatoms. The van der Waals surface area contributed by atoms with Crippen molar-refractivity contribution in [1.82, 2.24) is 9.88 Å². The average Bonchev–Trinajstić information content (AvgIpc) is 2.99. The van der Waals surface area contributed by atoms with Gasteiger partial charge in [0.1, 0.15) is 5.75 Å². The summed E-state index contributed by atoms with van der Waals surface area (Å²) in [5.41, 5.74) is 7.72. The van der Waals surface area contributed by atoms with E-state index in [2.05, 4.69) is 9.98 Å². The number of rotatable bonds is 4. The normalized spacial score (nSPS) is 18.5. The Balaban J connectivity index is 1.95. The van der Waals surface area contributed by atoms with E-state index in [0.717, 1.165) is 5.56 Å². The van der Waals surface area contributed by atoms with Crippen LogP contribution in [0.1, 0.15) is 16.7 Å². The summed E-state index contributed by atoms with van der Waals surface area (Å²) in [6, 6.07) is 15.9. The molecule has 2 heterocycles. The third-order valence-corrected chi connectivity index (χ3v) is 5.40. The fourth-order valence-electron chi connectivity index (χ4n) is 3.80. The lowest BCUT2D eigenvalue weighted by Crippen LogP contribution is -2.41. The molecule has 0 bridgehead atoms. The highest BCUT2D eigenvalue weighted by Crippen LogP contribution is 2.41. The van der Waals surface area contributed by atoms with Crippen LogP contribution in [-0.2, 0) is 10.3 Å². The van der Waals surface area contributed by atoms with Crippen LogP contribution < -0.4 is 10.5 Å². The number of halogens is 1. The first-order chi connectivity index (χ1) is 14.4. The van der Waals surface area contributed by atoms with Gasteiger partial charge in [-0.2, -0.15) is 4.39 Å². The Bertz CT molecular complexity index is 1180. The summed E-state index contributed by atoms with van der Waals surface area (Å²) in [5, 5.41) is 0. The van der Waals surface area contributed by atoms with E-state index in [1.54, 1.807) is 62.7 Å². The monoisotopic (exact) mass is 404 g/mol. The molecule has 0 saturated carbocycles. The van der Waals surface area contributed by atoms with Crippen LogP contribution in [0.25, 0.3) is 11.1 Å². The van der Waals surface area contributed by atoms with Crippen LogP contribution in [0.4, 0.5) is 4.39 Å². The van der Waals surface area contributed by atoms with Gasteiger partial charge in [0.15, 0.2) is 11.5 Å². The molecule has 2 aromatic carbocycles. The van der Waals surface area contributed by atoms with Crippen LogP contribution in [0.3, 0.4) is 0 Å². The quantitative estimate of drug-likeness (QED) is 0.677. The summed E-state index contributed by atoms with van der Waals surface area (Å²) in [6.45, 7) is 1.90. The third-order valence-electron chi connectivity index (χ3n) is 5.40. The second kappa shape index (κ2) is 7.26. The highest BCUT2D eigenvalue weighted by molar-refractivity contribution is 6.09. The Morgan fingerprint density at radius 3 is 2.50 bits per heavy atom. The van der Waals surface area contributed by atoms with E-state index >= 15 is 0 Å². The number of guanidine groups is 1. The lowest BCUT2D eigenvalue weighted by atomic mass is 9.81. The van der Waals surface area contributed by atoms with E-state index in [9.17, 15) is 9.18 Å². The van der Waals surface area contributed by atoms with Gasteiger partial charge >= 0.3 is 0 Å². The van der Waals surface area contributed by atoms with E-state index in [-0.39, 0.29) is 11.9 Å². The molecule has 3 aromatic rings. The molecular formula is C23H21FN4O2. The predicted octanol–water partition coefficient (Wildman–Crippen LogP) is 3.24. The van der Waals surface area contributed by atoms with Gasteiger partial charge in [-0.05, 0) is 59.5 Å². The Hall–Kier alpha value is -3.74. The van der Waals surface area contributed by atoms with Crippen molar-refractivity contribution in [3.8, 4) is 16.9 Å². The predicted molar refractivity (Wildman–Crippen MR) is 113 cm³/mol. The van der Waals surface area contributed by atoms with E-state index in [0.29, 0.717) is 28.0 Å². The van der Waals surface area contributed by atoms with Crippen molar-refractivity contribution in [2.24, 2.45) is 10.7 Å². The average molecular weight is 404 g/mol. The van der Waals surface area contributed by atoms with Gasteiger partial charge in [-0.1, -0.05) is 24.3 Å². The van der Waals surface area contributed by atoms with Crippen LogP contribution in [0.5, 0.6) is 5.75 Å². The Morgan fingerprint density at radius 2 is 1.87 bits per heavy atom. The SMILES string of the molecule is COc1ccc([C@]2(c3cccc(-c4cccnc4F)c3)N=C(N)N(C)C2=O)cc1C. The number of aliphatic imine (C=N–C) groups is 1. The minimum atomic E-state index is -1.37. The number of nitrogens with zero attached hydrogens (tertiary/aromatic N) is 3. The molecule has 30 heavy (non-hydrogen) atoms. The molecular weight excluding hydrogens is 383 g/mol. The first-order valence-corrected chi connectivity index (χ1v) is 9.38. The zero-order valence-corrected chi connectivity index (χ0v) is 16.9. The minimum absolute atomic E-state index is 0.117. The lowest BCUT2D eigenvalue weighted by molar-refractivity contribution is -0.129. The summed E-state index contributed by atoms with van der Waals surface area (Å²) in [5.74, 6) is -0.0440. The number of amides is 1. The first kappa shape index (κ1) is 19.6. The van der Waals surface area contributed by atoms with Crippen LogP contribution in [0.2, 0.25) is 0 Å². The summed E-state index contributed by atoms with van der Waals surface area (Å²) < 4.78 is 19.6. The van der Waals surface area contributed by atoms with Crippen molar-refractivity contribution in [3.63, 3.8) is 0 Å². The molecule has 0 aliphatic carbocycles. The van der Waals surface area contributed by atoms with Crippen molar-refractivity contribution in [3.05, 3.63) is 83.4 Å². The maximum absolute atomic E-state index is 14.3. The van der Waals surface area contributed by atoms with E-state index < -0.39 is 11.5 Å². The summed E-state index contributed by atoms with van der Waals surface area (Å²) >= 11 is 0. The number of hydrogen-bond acceptors (Lipinski definition) is 5. The number of hydrogen-bond donors (Lipinski definition) is 1. The van der Waals surface area contributed by atoms with Crippen molar-refractivity contribution in [1.29, 1.82) is 0 Å². The molecule has 1 atom stereocenters. The second-order valence-electron chi connectivity index (χ2n) is 7.15. The number of pyridine rings is 1. The molecule has 2 N–H and O–H groups in total. The Kier molecular flexibility index (Phi) is 4.73. The molecule has 1 aliphatic heterocycles. The third kappa shape index (κ3) is 2.90. The molecule has 152 valence electrons. The number of benzene rings is 2. The maximum atomic E-state index is 14.3. The number of nitrogens with two attached hydrogens (primary N) is 1. The molecule has 0 fully saturated rings. The van der Waals surface area contributed by atoms with Gasteiger partial charge in [0.2, 0.25) is 5.95 Å².